The molecule has 3 heteroatoms. The van der Waals surface area contributed by atoms with Crippen LogP contribution in [-0.4, -0.2) is 7.85 Å². The molecule has 0 bridgehead atoms. The molecular formula is C6H7BN2. The smallest absolute Gasteiger partial charge is 0.116 e. The van der Waals surface area contributed by atoms with Crippen LogP contribution in [0.25, 0.3) is 0 Å². The average Bonchev–Trinajstić information content (AvgIpc) is 1.83. The summed E-state index contributed by atoms with van der Waals surface area (Å²) in [5, 5.41) is 0. The number of hydrogen-bond donors (Lipinski definition) is 2. The van der Waals surface area contributed by atoms with Gasteiger partial charge in [-0.15, -0.1) is 0 Å². The fourth-order valence-electron chi connectivity index (χ4n) is 0.602. The topological polar surface area (TPSA) is 52.0 Å². The lowest BCUT2D eigenvalue weighted by atomic mass is 9.94. The van der Waals surface area contributed by atoms with Crippen molar-refractivity contribution in [3.8, 4) is 0 Å². The molecule has 0 fully saturated rings. The molecule has 0 unspecified atom stereocenters. The van der Waals surface area contributed by atoms with Crippen molar-refractivity contribution in [2.45, 2.75) is 0 Å². The van der Waals surface area contributed by atoms with Crippen LogP contribution < -0.4 is 16.9 Å². The molecule has 44 valence electrons. The van der Waals surface area contributed by atoms with Gasteiger partial charge in [0, 0.05) is 5.69 Å². The van der Waals surface area contributed by atoms with Gasteiger partial charge in [0.1, 0.15) is 7.85 Å². The molecule has 0 aliphatic heterocycles. The van der Waals surface area contributed by atoms with Gasteiger partial charge in [0.05, 0.1) is 5.69 Å². The Labute approximate surface area is 55.3 Å². The second-order valence-corrected chi connectivity index (χ2v) is 1.85. The number of benzene rings is 1. The van der Waals surface area contributed by atoms with Crippen LogP contribution in [0.3, 0.4) is 0 Å². The Morgan fingerprint density at radius 1 is 1.22 bits per heavy atom. The molecule has 0 atom stereocenters. The second kappa shape index (κ2) is 2.01. The van der Waals surface area contributed by atoms with Crippen LogP contribution in [0.4, 0.5) is 11.4 Å². The fourth-order valence-corrected chi connectivity index (χ4v) is 0.602. The Hall–Kier alpha value is -1.12. The molecule has 1 aromatic rings. The molecule has 0 aliphatic carbocycles. The third-order valence-corrected chi connectivity index (χ3v) is 1.17. The van der Waals surface area contributed by atoms with Gasteiger partial charge in [-0.3, -0.25) is 0 Å². The molecule has 1 rings (SSSR count). The predicted molar refractivity (Wildman–Crippen MR) is 40.7 cm³/mol. The first kappa shape index (κ1) is 6.01. The number of para-hydroxylation sites is 1. The van der Waals surface area contributed by atoms with Crippen LogP contribution in [-0.2, 0) is 0 Å². The van der Waals surface area contributed by atoms with Crippen LogP contribution in [0, 0.1) is 0 Å². The number of nitrogen functional groups attached to an aromatic ring is 2. The van der Waals surface area contributed by atoms with Crippen LogP contribution >= 0.6 is 0 Å². The summed E-state index contributed by atoms with van der Waals surface area (Å²) < 4.78 is 0. The van der Waals surface area contributed by atoms with Crippen LogP contribution in [0.5, 0.6) is 0 Å². The van der Waals surface area contributed by atoms with Crippen LogP contribution in [0.2, 0.25) is 0 Å². The molecule has 4 N–H and O–H groups in total. The summed E-state index contributed by atoms with van der Waals surface area (Å²) in [7, 11) is 5.42. The Bertz CT molecular complexity index is 202. The number of rotatable bonds is 0. The Morgan fingerprint density at radius 3 is 2.33 bits per heavy atom. The zero-order chi connectivity index (χ0) is 6.85. The summed E-state index contributed by atoms with van der Waals surface area (Å²) >= 11 is 0. The van der Waals surface area contributed by atoms with E-state index in [2.05, 4.69) is 0 Å². The maximum absolute atomic E-state index is 5.43. The minimum atomic E-state index is 0.470. The predicted octanol–water partition coefficient (Wildman–Crippen LogP) is -0.355. The molecular weight excluding hydrogens is 111 g/mol. The van der Waals surface area contributed by atoms with Gasteiger partial charge in [0.2, 0.25) is 0 Å². The van der Waals surface area contributed by atoms with Crippen molar-refractivity contribution >= 4 is 24.7 Å². The van der Waals surface area contributed by atoms with Gasteiger partial charge >= 0.3 is 0 Å². The third kappa shape index (κ3) is 0.990. The van der Waals surface area contributed by atoms with E-state index in [4.69, 9.17) is 19.3 Å². The minimum absolute atomic E-state index is 0.470. The summed E-state index contributed by atoms with van der Waals surface area (Å²) in [4.78, 5) is 0. The van der Waals surface area contributed by atoms with Gasteiger partial charge in [-0.05, 0) is 6.07 Å². The van der Waals surface area contributed by atoms with E-state index < -0.39 is 0 Å². The van der Waals surface area contributed by atoms with Crippen molar-refractivity contribution in [1.29, 1.82) is 0 Å². The van der Waals surface area contributed by atoms with E-state index in [1.54, 1.807) is 18.2 Å². The van der Waals surface area contributed by atoms with Gasteiger partial charge in [-0.25, -0.2) is 0 Å². The van der Waals surface area contributed by atoms with E-state index in [0.29, 0.717) is 16.8 Å². The third-order valence-electron chi connectivity index (χ3n) is 1.17. The second-order valence-electron chi connectivity index (χ2n) is 1.85. The molecule has 2 nitrogen and oxygen atoms in total. The maximum atomic E-state index is 5.43. The monoisotopic (exact) mass is 118 g/mol. The standard InChI is InChI=1S/C6H7BN2/c7-4-2-1-3-5(8)6(4)9/h1-3H,8-9H2. The van der Waals surface area contributed by atoms with Gasteiger partial charge in [0.15, 0.2) is 0 Å². The molecule has 0 amide bonds. The van der Waals surface area contributed by atoms with E-state index in [-0.39, 0.29) is 0 Å². The van der Waals surface area contributed by atoms with E-state index in [9.17, 15) is 0 Å². The van der Waals surface area contributed by atoms with Crippen molar-refractivity contribution in [2.75, 3.05) is 11.5 Å². The van der Waals surface area contributed by atoms with Gasteiger partial charge in [0.25, 0.3) is 0 Å². The highest BCUT2D eigenvalue weighted by Crippen LogP contribution is 2.07. The normalized spacial score (nSPS) is 9.33. The minimum Gasteiger partial charge on any atom is -0.398 e. The van der Waals surface area contributed by atoms with Crippen LogP contribution in [0.1, 0.15) is 0 Å². The number of nitrogens with two attached hydrogens (primary N) is 2. The first-order valence-electron chi connectivity index (χ1n) is 2.61. The first-order chi connectivity index (χ1) is 4.22. The lowest BCUT2D eigenvalue weighted by molar-refractivity contribution is 1.71. The molecule has 0 aromatic heterocycles. The highest BCUT2D eigenvalue weighted by Gasteiger charge is 1.93. The highest BCUT2D eigenvalue weighted by molar-refractivity contribution is 6.36. The SMILES string of the molecule is [B]c1cccc(N)c1N. The van der Waals surface area contributed by atoms with Gasteiger partial charge in [-0.2, -0.15) is 0 Å². The van der Waals surface area contributed by atoms with Crippen molar-refractivity contribution in [1.82, 2.24) is 0 Å². The zero-order valence-electron chi connectivity index (χ0n) is 4.96. The fraction of sp³-hybridized carbons (Fsp3) is 0. The Balaban J connectivity index is 3.25. The summed E-state index contributed by atoms with van der Waals surface area (Å²) in [6, 6.07) is 5.19. The van der Waals surface area contributed by atoms with Crippen LogP contribution in [0.15, 0.2) is 18.2 Å². The molecule has 0 aliphatic rings. The Kier molecular flexibility index (Phi) is 1.34. The summed E-state index contributed by atoms with van der Waals surface area (Å²) in [5.74, 6) is 0. The summed E-state index contributed by atoms with van der Waals surface area (Å²) in [6.07, 6.45) is 0. The van der Waals surface area contributed by atoms with Crippen molar-refractivity contribution in [3.63, 3.8) is 0 Å². The quantitative estimate of drug-likeness (QED) is 0.361. The average molecular weight is 118 g/mol. The van der Waals surface area contributed by atoms with Crippen molar-refractivity contribution < 1.29 is 0 Å². The molecule has 0 saturated heterocycles. The summed E-state index contributed by atoms with van der Waals surface area (Å²) in [6.45, 7) is 0. The van der Waals surface area contributed by atoms with E-state index >= 15 is 0 Å². The lowest BCUT2D eigenvalue weighted by Gasteiger charge is -2.01. The maximum Gasteiger partial charge on any atom is 0.116 e. The number of anilines is 2. The molecule has 1 aromatic carbocycles. The Morgan fingerprint density at radius 2 is 1.89 bits per heavy atom. The highest BCUT2D eigenvalue weighted by atomic mass is 14.7. The van der Waals surface area contributed by atoms with Crippen molar-refractivity contribution in [2.24, 2.45) is 0 Å². The molecule has 0 saturated carbocycles. The molecule has 0 spiro atoms. The first-order valence-corrected chi connectivity index (χ1v) is 2.61. The molecule has 2 radical (unpaired) electrons. The zero-order valence-corrected chi connectivity index (χ0v) is 4.96. The van der Waals surface area contributed by atoms with E-state index in [1.807, 2.05) is 0 Å². The summed E-state index contributed by atoms with van der Waals surface area (Å²) in [5.41, 5.74) is 12.4. The van der Waals surface area contributed by atoms with Gasteiger partial charge < -0.3 is 11.5 Å². The van der Waals surface area contributed by atoms with Crippen molar-refractivity contribution in [3.05, 3.63) is 18.2 Å². The van der Waals surface area contributed by atoms with E-state index in [0.717, 1.165) is 0 Å². The molecule has 0 heterocycles. The van der Waals surface area contributed by atoms with Gasteiger partial charge in [-0.1, -0.05) is 17.6 Å². The lowest BCUT2D eigenvalue weighted by Crippen LogP contribution is -2.11. The number of hydrogen-bond acceptors (Lipinski definition) is 2. The largest absolute Gasteiger partial charge is 0.398 e. The van der Waals surface area contributed by atoms with E-state index in [1.165, 1.54) is 0 Å². The molecule has 9 heavy (non-hydrogen) atoms.